The number of ketones is 1. The van der Waals surface area contributed by atoms with Crippen molar-refractivity contribution in [3.05, 3.63) is 29.8 Å². The Morgan fingerprint density at radius 2 is 1.84 bits per heavy atom. The van der Waals surface area contributed by atoms with Crippen molar-refractivity contribution in [1.29, 1.82) is 0 Å². The van der Waals surface area contributed by atoms with E-state index in [0.29, 0.717) is 24.2 Å². The van der Waals surface area contributed by atoms with E-state index < -0.39 is 9.84 Å². The average Bonchev–Trinajstić information content (AvgIpc) is 2.92. The van der Waals surface area contributed by atoms with E-state index >= 15 is 0 Å². The molecule has 138 valence electrons. The molecule has 1 aliphatic rings. The molecular formula is C17H24N2O5S. The summed E-state index contributed by atoms with van der Waals surface area (Å²) >= 11 is 0. The van der Waals surface area contributed by atoms with Gasteiger partial charge in [-0.1, -0.05) is 6.92 Å². The molecule has 0 unspecified atom stereocenters. The number of hydrazine groups is 1. The fourth-order valence-electron chi connectivity index (χ4n) is 2.87. The number of hydrogen-bond acceptors (Lipinski definition) is 6. The van der Waals surface area contributed by atoms with Crippen LogP contribution in [0.4, 0.5) is 0 Å². The summed E-state index contributed by atoms with van der Waals surface area (Å²) < 4.78 is 28.8. The van der Waals surface area contributed by atoms with Crippen LogP contribution in [0.25, 0.3) is 0 Å². The van der Waals surface area contributed by atoms with Gasteiger partial charge in [-0.05, 0) is 30.7 Å². The number of Topliss-reactive ketones (excluding diaryl/α,β-unsaturated/α-hetero) is 1. The molecule has 0 spiro atoms. The van der Waals surface area contributed by atoms with Crippen molar-refractivity contribution >= 4 is 21.5 Å². The number of sulfone groups is 1. The standard InChI is InChI=1S/C17H24N2O5S/c1-4-16(20)13-5-7-15(8-6-13)24-11-17(21)19(18(2)3)14-9-10-25(22,23)12-14/h5-8,14H,4,9-12H2,1-3H3/t14-/m0/s1. The van der Waals surface area contributed by atoms with Crippen molar-refractivity contribution in [1.82, 2.24) is 10.0 Å². The lowest BCUT2D eigenvalue weighted by molar-refractivity contribution is -0.151. The number of carbonyl (C=O) groups excluding carboxylic acids is 2. The van der Waals surface area contributed by atoms with Crippen LogP contribution in [-0.2, 0) is 14.6 Å². The van der Waals surface area contributed by atoms with Crippen molar-refractivity contribution < 1.29 is 22.7 Å². The quantitative estimate of drug-likeness (QED) is 0.530. The first-order valence-electron chi connectivity index (χ1n) is 8.19. The van der Waals surface area contributed by atoms with Crippen molar-refractivity contribution in [3.63, 3.8) is 0 Å². The van der Waals surface area contributed by atoms with Crippen molar-refractivity contribution in [2.75, 3.05) is 32.2 Å². The highest BCUT2D eigenvalue weighted by Crippen LogP contribution is 2.19. The predicted octanol–water partition coefficient (Wildman–Crippen LogP) is 1.15. The SMILES string of the molecule is CCC(=O)c1ccc(OCC(=O)N([C@H]2CCS(=O)(=O)C2)N(C)C)cc1. The summed E-state index contributed by atoms with van der Waals surface area (Å²) in [4.78, 5) is 24.1. The summed E-state index contributed by atoms with van der Waals surface area (Å²) in [6.07, 6.45) is 0.862. The number of hydrogen-bond donors (Lipinski definition) is 0. The molecule has 7 nitrogen and oxygen atoms in total. The van der Waals surface area contributed by atoms with Crippen molar-refractivity contribution in [2.45, 2.75) is 25.8 Å². The lowest BCUT2D eigenvalue weighted by Crippen LogP contribution is -2.51. The first-order chi connectivity index (χ1) is 11.7. The first-order valence-corrected chi connectivity index (χ1v) is 10.0. The summed E-state index contributed by atoms with van der Waals surface area (Å²) in [6, 6.07) is 6.27. The smallest absolute Gasteiger partial charge is 0.275 e. The van der Waals surface area contributed by atoms with Crippen LogP contribution >= 0.6 is 0 Å². The van der Waals surface area contributed by atoms with Gasteiger partial charge >= 0.3 is 0 Å². The highest BCUT2D eigenvalue weighted by atomic mass is 32.2. The minimum absolute atomic E-state index is 0.0231. The molecule has 1 aliphatic heterocycles. The van der Waals surface area contributed by atoms with Gasteiger partial charge in [-0.2, -0.15) is 0 Å². The number of ether oxygens (including phenoxy) is 1. The Morgan fingerprint density at radius 1 is 1.20 bits per heavy atom. The highest BCUT2D eigenvalue weighted by molar-refractivity contribution is 7.91. The number of carbonyl (C=O) groups is 2. The Kier molecular flexibility index (Phi) is 6.18. The zero-order valence-electron chi connectivity index (χ0n) is 14.8. The van der Waals surface area contributed by atoms with Crippen molar-refractivity contribution in [3.8, 4) is 5.75 Å². The van der Waals surface area contributed by atoms with E-state index in [1.165, 1.54) is 5.01 Å². The monoisotopic (exact) mass is 368 g/mol. The van der Waals surface area contributed by atoms with Gasteiger partial charge in [0.1, 0.15) is 5.75 Å². The van der Waals surface area contributed by atoms with Gasteiger partial charge in [0, 0.05) is 26.1 Å². The Bertz CT molecular complexity index is 728. The van der Waals surface area contributed by atoms with Gasteiger partial charge < -0.3 is 4.74 Å². The van der Waals surface area contributed by atoms with E-state index in [0.717, 1.165) is 0 Å². The predicted molar refractivity (Wildman–Crippen MR) is 94.2 cm³/mol. The van der Waals surface area contributed by atoms with Crippen LogP contribution in [0.15, 0.2) is 24.3 Å². The van der Waals surface area contributed by atoms with Gasteiger partial charge in [0.15, 0.2) is 22.2 Å². The Balaban J connectivity index is 1.98. The summed E-state index contributed by atoms with van der Waals surface area (Å²) in [6.45, 7) is 1.60. The third-order valence-electron chi connectivity index (χ3n) is 4.10. The lowest BCUT2D eigenvalue weighted by Gasteiger charge is -2.33. The van der Waals surface area contributed by atoms with E-state index in [4.69, 9.17) is 4.74 Å². The molecule has 0 aromatic heterocycles. The molecule has 1 saturated heterocycles. The largest absolute Gasteiger partial charge is 0.484 e. The molecule has 1 amide bonds. The average molecular weight is 368 g/mol. The number of benzene rings is 1. The van der Waals surface area contributed by atoms with E-state index in [1.54, 1.807) is 50.3 Å². The van der Waals surface area contributed by atoms with Gasteiger partial charge in [0.05, 0.1) is 17.5 Å². The minimum atomic E-state index is -3.08. The van der Waals surface area contributed by atoms with E-state index in [2.05, 4.69) is 0 Å². The molecule has 0 saturated carbocycles. The Hall–Kier alpha value is -1.93. The van der Waals surface area contributed by atoms with Crippen LogP contribution < -0.4 is 4.74 Å². The summed E-state index contributed by atoms with van der Waals surface area (Å²) in [5, 5.41) is 3.04. The molecule has 2 rings (SSSR count). The normalized spacial score (nSPS) is 19.0. The molecule has 0 N–H and O–H groups in total. The van der Waals surface area contributed by atoms with E-state index in [9.17, 15) is 18.0 Å². The van der Waals surface area contributed by atoms with Crippen LogP contribution in [0.1, 0.15) is 30.1 Å². The highest BCUT2D eigenvalue weighted by Gasteiger charge is 2.36. The molecule has 1 aromatic rings. The van der Waals surface area contributed by atoms with Crippen molar-refractivity contribution in [2.24, 2.45) is 0 Å². The zero-order chi connectivity index (χ0) is 18.6. The molecule has 0 bridgehead atoms. The van der Waals surface area contributed by atoms with Crippen LogP contribution in [0.2, 0.25) is 0 Å². The molecule has 1 aromatic carbocycles. The second-order valence-corrected chi connectivity index (χ2v) is 8.46. The molecular weight excluding hydrogens is 344 g/mol. The fraction of sp³-hybridized carbons (Fsp3) is 0.529. The van der Waals surface area contributed by atoms with Gasteiger partial charge in [0.2, 0.25) is 0 Å². The van der Waals surface area contributed by atoms with Crippen LogP contribution in [0.3, 0.4) is 0 Å². The topological polar surface area (TPSA) is 84.0 Å². The molecule has 1 fully saturated rings. The minimum Gasteiger partial charge on any atom is -0.484 e. The van der Waals surface area contributed by atoms with Crippen LogP contribution in [0.5, 0.6) is 5.75 Å². The second-order valence-electron chi connectivity index (χ2n) is 6.23. The maximum atomic E-state index is 12.5. The van der Waals surface area contributed by atoms with Crippen LogP contribution in [-0.4, -0.2) is 68.4 Å². The lowest BCUT2D eigenvalue weighted by atomic mass is 10.1. The third-order valence-corrected chi connectivity index (χ3v) is 5.85. The second kappa shape index (κ2) is 7.97. The van der Waals surface area contributed by atoms with E-state index in [1.807, 2.05) is 0 Å². The zero-order valence-corrected chi connectivity index (χ0v) is 15.6. The van der Waals surface area contributed by atoms with Gasteiger partial charge in [0.25, 0.3) is 5.91 Å². The molecule has 1 atom stereocenters. The molecule has 8 heteroatoms. The fourth-order valence-corrected chi connectivity index (χ4v) is 4.57. The summed E-state index contributed by atoms with van der Waals surface area (Å²) in [7, 11) is 0.321. The molecule has 25 heavy (non-hydrogen) atoms. The molecule has 0 aliphatic carbocycles. The van der Waals surface area contributed by atoms with Gasteiger partial charge in [-0.25, -0.2) is 13.4 Å². The Labute approximate surface area is 148 Å². The van der Waals surface area contributed by atoms with E-state index in [-0.39, 0.29) is 35.8 Å². The molecule has 0 radical (unpaired) electrons. The van der Waals surface area contributed by atoms with Crippen LogP contribution in [0, 0.1) is 0 Å². The number of amides is 1. The van der Waals surface area contributed by atoms with Gasteiger partial charge in [-0.3, -0.25) is 14.6 Å². The summed E-state index contributed by atoms with van der Waals surface area (Å²) in [5.74, 6) is 0.303. The maximum absolute atomic E-state index is 12.5. The third kappa shape index (κ3) is 5.02. The molecule has 1 heterocycles. The number of nitrogens with zero attached hydrogens (tertiary/aromatic N) is 2. The summed E-state index contributed by atoms with van der Waals surface area (Å²) in [5.41, 5.74) is 0.604. The van der Waals surface area contributed by atoms with Gasteiger partial charge in [-0.15, -0.1) is 0 Å². The maximum Gasteiger partial charge on any atom is 0.275 e. The number of rotatable bonds is 7. The first kappa shape index (κ1) is 19.4. The Morgan fingerprint density at radius 3 is 2.32 bits per heavy atom.